The van der Waals surface area contributed by atoms with Gasteiger partial charge in [-0.2, -0.15) is 4.57 Å². The lowest BCUT2D eigenvalue weighted by Gasteiger charge is -2.08. The first-order chi connectivity index (χ1) is 4.58. The van der Waals surface area contributed by atoms with Crippen molar-refractivity contribution in [2.24, 2.45) is 0 Å². The van der Waals surface area contributed by atoms with Crippen LogP contribution in [0.3, 0.4) is 0 Å². The second-order valence-electron chi connectivity index (χ2n) is 3.76. The molecule has 0 bridgehead atoms. The molecule has 0 saturated carbocycles. The van der Waals surface area contributed by atoms with Gasteiger partial charge < -0.3 is 24.0 Å². The van der Waals surface area contributed by atoms with Crippen molar-refractivity contribution in [1.82, 2.24) is 0 Å². The summed E-state index contributed by atoms with van der Waals surface area (Å²) in [5.74, 6) is 0. The highest BCUT2D eigenvalue weighted by Gasteiger charge is 2.19. The number of halogens is 1. The third-order valence-corrected chi connectivity index (χ3v) is 3.17. The van der Waals surface area contributed by atoms with Crippen LogP contribution in [0.4, 0.5) is 0 Å². The predicted octanol–water partition coefficient (Wildman–Crippen LogP) is -1.08. The number of hydrogen-bond donors (Lipinski definition) is 0. The largest absolute Gasteiger partial charge is 1.00 e. The van der Waals surface area contributed by atoms with Crippen LogP contribution in [0.1, 0.15) is 0 Å². The molecule has 0 radical (unpaired) electrons. The van der Waals surface area contributed by atoms with Crippen molar-refractivity contribution in [3.05, 3.63) is 17.1 Å². The molecule has 0 atom stereocenters. The zero-order chi connectivity index (χ0) is 7.61. The lowest BCUT2D eigenvalue weighted by atomic mass is 10.9. The first kappa shape index (κ1) is 11.6. The van der Waals surface area contributed by atoms with E-state index in [4.69, 9.17) is 0 Å². The molecule has 11 heavy (non-hydrogen) atoms. The van der Waals surface area contributed by atoms with Crippen molar-refractivity contribution in [2.45, 2.75) is 25.8 Å². The quantitative estimate of drug-likeness (QED) is 0.371. The Kier molecular flexibility index (Phi) is 4.80. The fourth-order valence-electron chi connectivity index (χ4n) is 0.899. The molecule has 1 aromatic heterocycles. The van der Waals surface area contributed by atoms with Crippen molar-refractivity contribution in [3.8, 4) is 0 Å². The van der Waals surface area contributed by atoms with Crippen molar-refractivity contribution in [1.29, 1.82) is 0 Å². The highest BCUT2D eigenvalue weighted by molar-refractivity contribution is 7.07. The smallest absolute Gasteiger partial charge is 0.224 e. The van der Waals surface area contributed by atoms with Gasteiger partial charge in [-0.25, -0.2) is 0 Å². The minimum Gasteiger partial charge on any atom is -1.00 e. The van der Waals surface area contributed by atoms with Gasteiger partial charge in [0.05, 0.1) is 5.38 Å². The molecule has 0 aliphatic carbocycles. The molecular formula is C7H14INSSi. The van der Waals surface area contributed by atoms with Gasteiger partial charge in [-0.1, -0.05) is 31.0 Å². The van der Waals surface area contributed by atoms with E-state index in [0.29, 0.717) is 0 Å². The van der Waals surface area contributed by atoms with E-state index in [0.717, 1.165) is 0 Å². The van der Waals surface area contributed by atoms with Gasteiger partial charge in [0.25, 0.3) is 0 Å². The first-order valence-corrected chi connectivity index (χ1v) is 8.14. The number of aromatic nitrogens is 1. The average Bonchev–Trinajstić information content (AvgIpc) is 2.12. The Bertz CT molecular complexity index is 193. The number of rotatable bonds is 2. The maximum Gasteiger partial charge on any atom is 0.224 e. The Morgan fingerprint density at radius 2 is 2.00 bits per heavy atom. The fraction of sp³-hybridized carbons (Fsp3) is 0.571. The lowest BCUT2D eigenvalue weighted by Crippen LogP contribution is -3.00. The average molecular weight is 299 g/mol. The Labute approximate surface area is 90.5 Å². The van der Waals surface area contributed by atoms with E-state index in [1.54, 1.807) is 11.3 Å². The molecule has 0 aliphatic heterocycles. The SMILES string of the molecule is C[Si](C)(C)C[n+]1ccsc1.[I-]. The second-order valence-corrected chi connectivity index (χ2v) is 9.95. The molecule has 1 nitrogen and oxygen atoms in total. The maximum absolute atomic E-state index is 2.39. The van der Waals surface area contributed by atoms with Crippen molar-refractivity contribution in [3.63, 3.8) is 0 Å². The summed E-state index contributed by atoms with van der Waals surface area (Å²) in [5.41, 5.74) is 2.18. The zero-order valence-corrected chi connectivity index (χ0v) is 11.1. The molecule has 0 fully saturated rings. The summed E-state index contributed by atoms with van der Waals surface area (Å²) < 4.78 is 2.29. The molecule has 0 spiro atoms. The molecule has 1 aromatic rings. The van der Waals surface area contributed by atoms with Gasteiger partial charge in [0.1, 0.15) is 14.2 Å². The number of hydrogen-bond acceptors (Lipinski definition) is 1. The highest BCUT2D eigenvalue weighted by Crippen LogP contribution is 2.00. The minimum absolute atomic E-state index is 0. The summed E-state index contributed by atoms with van der Waals surface area (Å²) >= 11 is 1.77. The Hall–Kier alpha value is 0.577. The molecule has 0 amide bonds. The molecule has 0 saturated heterocycles. The monoisotopic (exact) mass is 299 g/mol. The third kappa shape index (κ3) is 4.92. The standard InChI is InChI=1S/C7H14NSSi.HI/c1-10(2,3)7-8-4-5-9-6-8;/h4-6H,7H2,1-3H3;1H/q+1;/p-1. The maximum atomic E-state index is 2.39. The van der Waals surface area contributed by atoms with Gasteiger partial charge in [-0.3, -0.25) is 0 Å². The van der Waals surface area contributed by atoms with E-state index in [1.165, 1.54) is 6.17 Å². The summed E-state index contributed by atoms with van der Waals surface area (Å²) in [6.07, 6.45) is 3.40. The second kappa shape index (κ2) is 4.57. The van der Waals surface area contributed by atoms with Gasteiger partial charge >= 0.3 is 0 Å². The molecule has 64 valence electrons. The van der Waals surface area contributed by atoms with Crippen LogP contribution in [0.15, 0.2) is 17.1 Å². The van der Waals surface area contributed by atoms with Crippen LogP contribution in [0, 0.1) is 0 Å². The van der Waals surface area contributed by atoms with Crippen LogP contribution in [0.25, 0.3) is 0 Å². The number of thiazole rings is 1. The molecule has 0 aliphatic rings. The summed E-state index contributed by atoms with van der Waals surface area (Å²) in [6.45, 7) is 7.16. The van der Waals surface area contributed by atoms with E-state index in [9.17, 15) is 0 Å². The summed E-state index contributed by atoms with van der Waals surface area (Å²) in [7, 11) is -0.892. The zero-order valence-electron chi connectivity index (χ0n) is 7.17. The topological polar surface area (TPSA) is 3.88 Å². The van der Waals surface area contributed by atoms with E-state index in [2.05, 4.69) is 41.3 Å². The third-order valence-electron chi connectivity index (χ3n) is 1.18. The van der Waals surface area contributed by atoms with E-state index < -0.39 is 8.07 Å². The van der Waals surface area contributed by atoms with Gasteiger partial charge in [0.15, 0.2) is 6.20 Å². The summed E-state index contributed by atoms with van der Waals surface area (Å²) in [4.78, 5) is 0. The van der Waals surface area contributed by atoms with Crippen LogP contribution in [-0.4, -0.2) is 8.07 Å². The summed E-state index contributed by atoms with van der Waals surface area (Å²) in [6, 6.07) is 0. The fourth-order valence-corrected chi connectivity index (χ4v) is 2.92. The first-order valence-electron chi connectivity index (χ1n) is 3.49. The van der Waals surface area contributed by atoms with Gasteiger partial charge in [-0.15, -0.1) is 0 Å². The van der Waals surface area contributed by atoms with Crippen LogP contribution >= 0.6 is 11.3 Å². The van der Waals surface area contributed by atoms with Gasteiger partial charge in [-0.05, 0) is 0 Å². The van der Waals surface area contributed by atoms with E-state index in [-0.39, 0.29) is 24.0 Å². The minimum atomic E-state index is -0.892. The van der Waals surface area contributed by atoms with Crippen molar-refractivity contribution in [2.75, 3.05) is 0 Å². The molecule has 4 heteroatoms. The summed E-state index contributed by atoms with van der Waals surface area (Å²) in [5, 5.41) is 2.13. The van der Waals surface area contributed by atoms with Crippen LogP contribution in [0.2, 0.25) is 19.6 Å². The van der Waals surface area contributed by atoms with Crippen molar-refractivity contribution < 1.29 is 28.5 Å². The van der Waals surface area contributed by atoms with Crippen molar-refractivity contribution >= 4 is 19.4 Å². The highest BCUT2D eigenvalue weighted by atomic mass is 127. The van der Waals surface area contributed by atoms with Crippen LogP contribution in [0.5, 0.6) is 0 Å². The molecular weight excluding hydrogens is 285 g/mol. The Morgan fingerprint density at radius 3 is 2.36 bits per heavy atom. The van der Waals surface area contributed by atoms with E-state index >= 15 is 0 Å². The molecule has 0 aromatic carbocycles. The lowest BCUT2D eigenvalue weighted by molar-refractivity contribution is -0.676. The Balaban J connectivity index is 0.000001000. The van der Waals surface area contributed by atoms with Crippen LogP contribution in [-0.2, 0) is 6.17 Å². The predicted molar refractivity (Wildman–Crippen MR) is 47.9 cm³/mol. The normalized spacial score (nSPS) is 10.8. The molecule has 1 heterocycles. The molecule has 0 unspecified atom stereocenters. The molecule has 1 rings (SSSR count). The van der Waals surface area contributed by atoms with Gasteiger partial charge in [0.2, 0.25) is 5.51 Å². The van der Waals surface area contributed by atoms with Gasteiger partial charge in [0, 0.05) is 0 Å². The number of nitrogens with zero attached hydrogens (tertiary/aromatic N) is 1. The van der Waals surface area contributed by atoms with Crippen LogP contribution < -0.4 is 28.5 Å². The molecule has 0 N–H and O–H groups in total. The van der Waals surface area contributed by atoms with E-state index in [1.807, 2.05) is 0 Å². The Morgan fingerprint density at radius 1 is 1.36 bits per heavy atom.